The molecule has 0 radical (unpaired) electrons. The number of benzene rings is 2. The molecule has 1 aromatic heterocycles. The Hall–Kier alpha value is -2.49. The molecule has 0 aliphatic rings. The van der Waals surface area contributed by atoms with Crippen molar-refractivity contribution in [3.8, 4) is 0 Å². The van der Waals surface area contributed by atoms with Gasteiger partial charge in [0.05, 0.1) is 10.6 Å². The Labute approximate surface area is 170 Å². The highest BCUT2D eigenvalue weighted by Gasteiger charge is 2.20. The summed E-state index contributed by atoms with van der Waals surface area (Å²) in [5, 5.41) is 3.32. The zero-order valence-electron chi connectivity index (χ0n) is 14.6. The zero-order chi connectivity index (χ0) is 20.3. The molecule has 6 nitrogen and oxygen atoms in total. The molecule has 2 N–H and O–H groups in total. The summed E-state index contributed by atoms with van der Waals surface area (Å²) in [7, 11) is -3.94. The first kappa shape index (κ1) is 20.2. The maximum absolute atomic E-state index is 13.0. The largest absolute Gasteiger partial charge is 0.347 e. The molecule has 0 spiro atoms. The van der Waals surface area contributed by atoms with E-state index in [2.05, 4.69) is 15.0 Å². The fraction of sp³-hybridized carbons (Fsp3) is 0.111. The lowest BCUT2D eigenvalue weighted by Gasteiger charge is -2.06. The van der Waals surface area contributed by atoms with Crippen molar-refractivity contribution in [3.05, 3.63) is 75.5 Å². The highest BCUT2D eigenvalue weighted by molar-refractivity contribution is 7.93. The molecule has 28 heavy (non-hydrogen) atoms. The van der Waals surface area contributed by atoms with Crippen molar-refractivity contribution in [1.82, 2.24) is 10.3 Å². The van der Waals surface area contributed by atoms with Gasteiger partial charge in [-0.25, -0.2) is 17.8 Å². The van der Waals surface area contributed by atoms with Gasteiger partial charge in [0.25, 0.3) is 15.9 Å². The number of aromatic nitrogens is 1. The van der Waals surface area contributed by atoms with E-state index < -0.39 is 15.8 Å². The first-order valence-electron chi connectivity index (χ1n) is 8.03. The normalized spacial score (nSPS) is 11.2. The minimum Gasteiger partial charge on any atom is -0.347 e. The van der Waals surface area contributed by atoms with Gasteiger partial charge in [-0.15, -0.1) is 0 Å². The van der Waals surface area contributed by atoms with Crippen LogP contribution in [0.5, 0.6) is 0 Å². The van der Waals surface area contributed by atoms with Crippen molar-refractivity contribution in [2.75, 3.05) is 4.72 Å². The Morgan fingerprint density at radius 1 is 1.18 bits per heavy atom. The van der Waals surface area contributed by atoms with Crippen LogP contribution in [0.2, 0.25) is 5.02 Å². The van der Waals surface area contributed by atoms with E-state index in [1.165, 1.54) is 0 Å². The smallest absolute Gasteiger partial charge is 0.263 e. The average molecular weight is 440 g/mol. The molecule has 3 aromatic rings. The lowest BCUT2D eigenvalue weighted by atomic mass is 10.2. The van der Waals surface area contributed by atoms with Crippen molar-refractivity contribution >= 4 is 44.0 Å². The number of hydrogen-bond donors (Lipinski definition) is 2. The molecule has 0 atom stereocenters. The molecule has 1 amide bonds. The van der Waals surface area contributed by atoms with Crippen LogP contribution in [0, 0.1) is 12.7 Å². The summed E-state index contributed by atoms with van der Waals surface area (Å²) in [4.78, 5) is 16.7. The van der Waals surface area contributed by atoms with E-state index in [0.29, 0.717) is 10.7 Å². The zero-order valence-corrected chi connectivity index (χ0v) is 17.0. The van der Waals surface area contributed by atoms with Crippen molar-refractivity contribution in [2.45, 2.75) is 18.4 Å². The van der Waals surface area contributed by atoms with Gasteiger partial charge in [-0.3, -0.25) is 9.52 Å². The molecule has 0 unspecified atom stereocenters. The topological polar surface area (TPSA) is 88.2 Å². The number of aryl methyl sites for hydroxylation is 1. The number of carbonyl (C=O) groups excluding carboxylic acids is 1. The third-order valence-corrected chi connectivity index (χ3v) is 6.67. The van der Waals surface area contributed by atoms with Crippen LogP contribution in [0.4, 0.5) is 9.52 Å². The van der Waals surface area contributed by atoms with Gasteiger partial charge >= 0.3 is 0 Å². The minimum absolute atomic E-state index is 0.0460. The van der Waals surface area contributed by atoms with Crippen LogP contribution in [0.1, 0.15) is 20.9 Å². The highest BCUT2D eigenvalue weighted by Crippen LogP contribution is 2.25. The summed E-state index contributed by atoms with van der Waals surface area (Å²) in [6.45, 7) is 1.84. The van der Waals surface area contributed by atoms with Gasteiger partial charge < -0.3 is 5.32 Å². The molecular weight excluding hydrogens is 425 g/mol. The Morgan fingerprint density at radius 3 is 2.54 bits per heavy atom. The van der Waals surface area contributed by atoms with Crippen molar-refractivity contribution in [1.29, 1.82) is 0 Å². The van der Waals surface area contributed by atoms with Gasteiger partial charge in [-0.05, 0) is 42.8 Å². The molecule has 0 saturated heterocycles. The molecule has 0 saturated carbocycles. The van der Waals surface area contributed by atoms with E-state index in [-0.39, 0.29) is 27.4 Å². The minimum atomic E-state index is -3.94. The third-order valence-electron chi connectivity index (χ3n) is 3.75. The number of halogens is 2. The van der Waals surface area contributed by atoms with Crippen molar-refractivity contribution in [3.63, 3.8) is 0 Å². The molecule has 3 rings (SSSR count). The maximum atomic E-state index is 13.0. The Kier molecular flexibility index (Phi) is 5.97. The van der Waals surface area contributed by atoms with Crippen LogP contribution < -0.4 is 10.0 Å². The Morgan fingerprint density at radius 2 is 1.86 bits per heavy atom. The number of amides is 1. The number of rotatable bonds is 6. The molecule has 146 valence electrons. The van der Waals surface area contributed by atoms with Crippen LogP contribution >= 0.6 is 22.9 Å². The van der Waals surface area contributed by atoms with E-state index in [1.54, 1.807) is 25.1 Å². The van der Waals surface area contributed by atoms with E-state index in [0.717, 1.165) is 41.2 Å². The van der Waals surface area contributed by atoms with Gasteiger partial charge in [-0.2, -0.15) is 0 Å². The Bertz CT molecular complexity index is 1120. The van der Waals surface area contributed by atoms with Crippen molar-refractivity contribution in [2.24, 2.45) is 0 Å². The molecule has 2 aromatic carbocycles. The molecule has 10 heteroatoms. The van der Waals surface area contributed by atoms with E-state index in [9.17, 15) is 17.6 Å². The van der Waals surface area contributed by atoms with Gasteiger partial charge in [0.15, 0.2) is 5.13 Å². The fourth-order valence-electron chi connectivity index (χ4n) is 2.34. The Balaban J connectivity index is 1.72. The molecule has 0 bridgehead atoms. The number of hydrogen-bond acceptors (Lipinski definition) is 5. The first-order chi connectivity index (χ1) is 13.3. The fourth-order valence-corrected chi connectivity index (χ4v) is 4.66. The van der Waals surface area contributed by atoms with Crippen LogP contribution in [-0.4, -0.2) is 19.3 Å². The lowest BCUT2D eigenvalue weighted by molar-refractivity contribution is 0.0954. The van der Waals surface area contributed by atoms with Gasteiger partial charge in [0, 0.05) is 11.6 Å². The van der Waals surface area contributed by atoms with Gasteiger partial charge in [-0.1, -0.05) is 41.1 Å². The monoisotopic (exact) mass is 439 g/mol. The number of nitrogens with one attached hydrogen (secondary N) is 2. The second-order valence-corrected chi connectivity index (χ2v) is 8.86. The molecular formula is C18H15ClFN3O3S2. The molecule has 0 aliphatic heterocycles. The third kappa shape index (κ3) is 4.67. The van der Waals surface area contributed by atoms with Gasteiger partial charge in [0.2, 0.25) is 0 Å². The van der Waals surface area contributed by atoms with Crippen molar-refractivity contribution < 1.29 is 17.6 Å². The quantitative estimate of drug-likeness (QED) is 0.608. The maximum Gasteiger partial charge on any atom is 0.263 e. The predicted octanol–water partition coefficient (Wildman–Crippen LogP) is 3.97. The molecule has 0 aliphatic carbocycles. The van der Waals surface area contributed by atoms with Crippen LogP contribution in [0.15, 0.2) is 53.4 Å². The number of thiazole rings is 1. The summed E-state index contributed by atoms with van der Waals surface area (Å²) in [6, 6.07) is 11.5. The predicted molar refractivity (Wildman–Crippen MR) is 107 cm³/mol. The molecule has 1 heterocycles. The number of nitrogens with zero attached hydrogens (tertiary/aromatic N) is 1. The second-order valence-electron chi connectivity index (χ2n) is 5.77. The lowest BCUT2D eigenvalue weighted by Crippen LogP contribution is -2.22. The van der Waals surface area contributed by atoms with Crippen LogP contribution in [0.25, 0.3) is 0 Å². The molecule has 0 fully saturated rings. The first-order valence-corrected chi connectivity index (χ1v) is 10.7. The van der Waals surface area contributed by atoms with E-state index >= 15 is 0 Å². The van der Waals surface area contributed by atoms with E-state index in [1.807, 2.05) is 6.07 Å². The SMILES string of the molecule is Cc1nc(NS(=O)(=O)c2ccc(F)cc2)sc1C(=O)NCc1ccccc1Cl. The van der Waals surface area contributed by atoms with Crippen LogP contribution in [0.3, 0.4) is 0 Å². The summed E-state index contributed by atoms with van der Waals surface area (Å²) >= 11 is 6.98. The summed E-state index contributed by atoms with van der Waals surface area (Å²) < 4.78 is 40.0. The van der Waals surface area contributed by atoms with Gasteiger partial charge in [0.1, 0.15) is 10.7 Å². The number of sulfonamides is 1. The summed E-state index contributed by atoms with van der Waals surface area (Å²) in [5.74, 6) is -0.927. The van der Waals surface area contributed by atoms with Crippen LogP contribution in [-0.2, 0) is 16.6 Å². The highest BCUT2D eigenvalue weighted by atomic mass is 35.5. The summed E-state index contributed by atoms with van der Waals surface area (Å²) in [5.41, 5.74) is 1.15. The average Bonchev–Trinajstić information content (AvgIpc) is 3.00. The number of anilines is 1. The standard InChI is InChI=1S/C18H15ClFN3O3S2/c1-11-16(17(24)21-10-12-4-2-3-5-15(12)19)27-18(22-11)23-28(25,26)14-8-6-13(20)7-9-14/h2-9H,10H2,1H3,(H,21,24)(H,22,23). The second kappa shape index (κ2) is 8.26. The number of carbonyl (C=O) groups is 1. The summed E-state index contributed by atoms with van der Waals surface area (Å²) in [6.07, 6.45) is 0. The van der Waals surface area contributed by atoms with E-state index in [4.69, 9.17) is 11.6 Å².